The first-order valence-corrected chi connectivity index (χ1v) is 8.11. The predicted molar refractivity (Wildman–Crippen MR) is 91.9 cm³/mol. The van der Waals surface area contributed by atoms with Crippen molar-refractivity contribution in [3.8, 4) is 28.5 Å². The normalized spacial score (nSPS) is 12.9. The third-order valence-corrected chi connectivity index (χ3v) is 4.41. The van der Waals surface area contributed by atoms with Crippen LogP contribution >= 0.6 is 22.6 Å². The Labute approximate surface area is 143 Å². The average Bonchev–Trinajstić information content (AvgIpc) is 2.71. The van der Waals surface area contributed by atoms with Crippen molar-refractivity contribution < 1.29 is 14.2 Å². The molecule has 1 aromatic heterocycles. The number of fused-ring (bicyclic) bond motifs is 3. The van der Waals surface area contributed by atoms with Crippen molar-refractivity contribution in [3.05, 3.63) is 27.0 Å². The first-order valence-electron chi connectivity index (χ1n) is 7.04. The number of halogens is 1. The van der Waals surface area contributed by atoms with Gasteiger partial charge in [-0.25, -0.2) is 0 Å². The number of benzene rings is 1. The molecular formula is C16H17IN2O3. The molecule has 0 fully saturated rings. The second-order valence-electron chi connectivity index (χ2n) is 5.07. The Balaban J connectivity index is 2.34. The minimum atomic E-state index is 0.594. The van der Waals surface area contributed by atoms with Crippen LogP contribution in [0.3, 0.4) is 0 Å². The topological polar surface area (TPSA) is 53.5 Å². The van der Waals surface area contributed by atoms with E-state index in [1.807, 2.05) is 6.07 Å². The van der Waals surface area contributed by atoms with Gasteiger partial charge in [-0.2, -0.15) is 0 Å². The summed E-state index contributed by atoms with van der Waals surface area (Å²) in [4.78, 5) is 0. The summed E-state index contributed by atoms with van der Waals surface area (Å²) in [5.74, 6) is 1.94. The minimum Gasteiger partial charge on any atom is -0.493 e. The lowest BCUT2D eigenvalue weighted by Gasteiger charge is -2.18. The summed E-state index contributed by atoms with van der Waals surface area (Å²) in [5, 5.41) is 8.64. The molecule has 0 amide bonds. The monoisotopic (exact) mass is 412 g/mol. The van der Waals surface area contributed by atoms with Crippen LogP contribution in [0.25, 0.3) is 11.3 Å². The number of aryl methyl sites for hydroxylation is 2. The van der Waals surface area contributed by atoms with Gasteiger partial charge in [-0.05, 0) is 65.1 Å². The van der Waals surface area contributed by atoms with Crippen LogP contribution in [0.1, 0.15) is 17.5 Å². The van der Waals surface area contributed by atoms with Gasteiger partial charge >= 0.3 is 0 Å². The number of rotatable bonds is 3. The fraction of sp³-hybridized carbons (Fsp3) is 0.375. The van der Waals surface area contributed by atoms with Crippen molar-refractivity contribution in [2.24, 2.45) is 0 Å². The Bertz CT molecular complexity index is 719. The van der Waals surface area contributed by atoms with Crippen molar-refractivity contribution in [1.29, 1.82) is 0 Å². The van der Waals surface area contributed by atoms with Crippen LogP contribution in [0.2, 0.25) is 0 Å². The van der Waals surface area contributed by atoms with E-state index in [0.717, 1.165) is 39.8 Å². The number of aromatic nitrogens is 2. The lowest BCUT2D eigenvalue weighted by atomic mass is 9.99. The van der Waals surface area contributed by atoms with E-state index in [9.17, 15) is 0 Å². The maximum Gasteiger partial charge on any atom is 0.204 e. The summed E-state index contributed by atoms with van der Waals surface area (Å²) >= 11 is 2.19. The van der Waals surface area contributed by atoms with E-state index in [1.54, 1.807) is 21.3 Å². The molecule has 0 saturated carbocycles. The van der Waals surface area contributed by atoms with Gasteiger partial charge in [-0.15, -0.1) is 10.2 Å². The standard InChI is InChI=1S/C16H17IN2O3/c1-20-11-7-9-5-4-6-10-8-12(17)18-19-14(10)13(9)16(22-3)15(11)21-2/h7-8H,4-6H2,1-3H3. The lowest BCUT2D eigenvalue weighted by Crippen LogP contribution is -2.02. The molecule has 22 heavy (non-hydrogen) atoms. The molecule has 3 rings (SSSR count). The van der Waals surface area contributed by atoms with Gasteiger partial charge in [0.2, 0.25) is 5.75 Å². The zero-order valence-corrected chi connectivity index (χ0v) is 14.9. The summed E-state index contributed by atoms with van der Waals surface area (Å²) in [7, 11) is 4.89. The number of nitrogens with zero attached hydrogens (tertiary/aromatic N) is 2. The molecule has 0 spiro atoms. The summed E-state index contributed by atoms with van der Waals surface area (Å²) in [6.07, 6.45) is 2.97. The molecule has 0 aliphatic heterocycles. The average molecular weight is 412 g/mol. The van der Waals surface area contributed by atoms with Crippen LogP contribution in [0, 0.1) is 3.70 Å². The van der Waals surface area contributed by atoms with Crippen LogP contribution in [0.4, 0.5) is 0 Å². The molecule has 1 aliphatic carbocycles. The summed E-state index contributed by atoms with van der Waals surface area (Å²) in [6.45, 7) is 0. The SMILES string of the molecule is COc1cc2c(c(OC)c1OC)-c1nnc(I)cc1CCC2. The van der Waals surface area contributed by atoms with Gasteiger partial charge in [0, 0.05) is 0 Å². The third-order valence-electron chi connectivity index (χ3n) is 3.88. The van der Waals surface area contributed by atoms with Crippen molar-refractivity contribution >= 4 is 22.6 Å². The molecular weight excluding hydrogens is 395 g/mol. The quantitative estimate of drug-likeness (QED) is 0.725. The molecule has 6 heteroatoms. The van der Waals surface area contributed by atoms with Crippen molar-refractivity contribution in [3.63, 3.8) is 0 Å². The van der Waals surface area contributed by atoms with Crippen LogP contribution < -0.4 is 14.2 Å². The van der Waals surface area contributed by atoms with E-state index in [2.05, 4.69) is 38.9 Å². The highest BCUT2D eigenvalue weighted by Gasteiger charge is 2.26. The highest BCUT2D eigenvalue weighted by atomic mass is 127. The number of hydrogen-bond acceptors (Lipinski definition) is 5. The Kier molecular flexibility index (Phi) is 4.37. The molecule has 1 aromatic carbocycles. The van der Waals surface area contributed by atoms with E-state index < -0.39 is 0 Å². The Morgan fingerprint density at radius 1 is 0.909 bits per heavy atom. The van der Waals surface area contributed by atoms with E-state index >= 15 is 0 Å². The molecule has 0 unspecified atom stereocenters. The van der Waals surface area contributed by atoms with Crippen LogP contribution in [0.15, 0.2) is 12.1 Å². The summed E-state index contributed by atoms with van der Waals surface area (Å²) in [6, 6.07) is 4.11. The molecule has 1 aliphatic rings. The van der Waals surface area contributed by atoms with E-state index in [0.29, 0.717) is 17.2 Å². The number of hydrogen-bond donors (Lipinski definition) is 0. The molecule has 0 radical (unpaired) electrons. The third kappa shape index (κ3) is 2.49. The van der Waals surface area contributed by atoms with Gasteiger partial charge < -0.3 is 14.2 Å². The zero-order valence-electron chi connectivity index (χ0n) is 12.8. The minimum absolute atomic E-state index is 0.594. The highest BCUT2D eigenvalue weighted by molar-refractivity contribution is 14.1. The first-order chi connectivity index (χ1) is 10.7. The lowest BCUT2D eigenvalue weighted by molar-refractivity contribution is 0.324. The van der Waals surface area contributed by atoms with Gasteiger partial charge in [-0.1, -0.05) is 0 Å². The van der Waals surface area contributed by atoms with Gasteiger partial charge in [-0.3, -0.25) is 0 Å². The van der Waals surface area contributed by atoms with Gasteiger partial charge in [0.1, 0.15) is 9.39 Å². The first kappa shape index (κ1) is 15.3. The van der Waals surface area contributed by atoms with Gasteiger partial charge in [0.15, 0.2) is 11.5 Å². The second-order valence-corrected chi connectivity index (χ2v) is 6.18. The number of methoxy groups -OCH3 is 3. The zero-order chi connectivity index (χ0) is 15.7. The van der Waals surface area contributed by atoms with E-state index in [4.69, 9.17) is 14.2 Å². The van der Waals surface area contributed by atoms with Crippen LogP contribution in [-0.2, 0) is 12.8 Å². The smallest absolute Gasteiger partial charge is 0.204 e. The van der Waals surface area contributed by atoms with E-state index in [1.165, 1.54) is 5.56 Å². The maximum atomic E-state index is 5.65. The predicted octanol–water partition coefficient (Wildman–Crippen LogP) is 3.26. The van der Waals surface area contributed by atoms with Crippen LogP contribution in [-0.4, -0.2) is 31.5 Å². The Morgan fingerprint density at radius 2 is 1.64 bits per heavy atom. The van der Waals surface area contributed by atoms with Crippen LogP contribution in [0.5, 0.6) is 17.2 Å². The van der Waals surface area contributed by atoms with Gasteiger partial charge in [0.25, 0.3) is 0 Å². The van der Waals surface area contributed by atoms with E-state index in [-0.39, 0.29) is 0 Å². The molecule has 5 nitrogen and oxygen atoms in total. The van der Waals surface area contributed by atoms with Crippen molar-refractivity contribution in [2.45, 2.75) is 19.3 Å². The molecule has 0 atom stereocenters. The van der Waals surface area contributed by atoms with Crippen molar-refractivity contribution in [1.82, 2.24) is 10.2 Å². The molecule has 0 N–H and O–H groups in total. The second kappa shape index (κ2) is 6.28. The highest BCUT2D eigenvalue weighted by Crippen LogP contribution is 2.48. The molecule has 116 valence electrons. The fourth-order valence-corrected chi connectivity index (χ4v) is 3.42. The Morgan fingerprint density at radius 3 is 2.32 bits per heavy atom. The summed E-state index contributed by atoms with van der Waals surface area (Å²) < 4.78 is 17.5. The molecule has 2 aromatic rings. The largest absolute Gasteiger partial charge is 0.493 e. The summed E-state index contributed by atoms with van der Waals surface area (Å²) in [5.41, 5.74) is 4.20. The molecule has 1 heterocycles. The number of ether oxygens (including phenoxy) is 3. The molecule has 0 saturated heterocycles. The maximum absolute atomic E-state index is 5.65. The fourth-order valence-electron chi connectivity index (χ4n) is 2.94. The van der Waals surface area contributed by atoms with Gasteiger partial charge in [0.05, 0.1) is 26.9 Å². The molecule has 0 bridgehead atoms. The van der Waals surface area contributed by atoms with Crippen molar-refractivity contribution in [2.75, 3.05) is 21.3 Å². The Hall–Kier alpha value is -1.57.